The van der Waals surface area contributed by atoms with Crippen LogP contribution >= 0.6 is 0 Å². The highest BCUT2D eigenvalue weighted by Gasteiger charge is 2.46. The Balaban J connectivity index is 1.81. The number of hydrogen-bond acceptors (Lipinski definition) is 6. The molecule has 3 aromatic rings. The van der Waals surface area contributed by atoms with Gasteiger partial charge < -0.3 is 19.5 Å². The zero-order valence-corrected chi connectivity index (χ0v) is 19.4. The molecule has 1 N–H and O–H groups in total. The van der Waals surface area contributed by atoms with Crippen molar-refractivity contribution in [2.75, 3.05) is 13.2 Å². The minimum absolute atomic E-state index is 0.0175. The number of aromatic nitrogens is 1. The van der Waals surface area contributed by atoms with Crippen molar-refractivity contribution in [3.05, 3.63) is 108 Å². The molecule has 7 nitrogen and oxygen atoms in total. The molecule has 1 aliphatic rings. The second-order valence-electron chi connectivity index (χ2n) is 7.92. The maximum absolute atomic E-state index is 13.2. The monoisotopic (exact) mass is 470 g/mol. The summed E-state index contributed by atoms with van der Waals surface area (Å²) < 4.78 is 11.1. The van der Waals surface area contributed by atoms with Gasteiger partial charge in [-0.25, -0.2) is 0 Å². The van der Waals surface area contributed by atoms with Crippen LogP contribution in [0.4, 0.5) is 0 Å². The van der Waals surface area contributed by atoms with Crippen molar-refractivity contribution < 1.29 is 24.2 Å². The summed E-state index contributed by atoms with van der Waals surface area (Å²) in [5, 5.41) is 11.2. The lowest BCUT2D eigenvalue weighted by atomic mass is 9.95. The number of aliphatic hydroxyl groups excluding tert-OH is 1. The molecule has 0 bridgehead atoms. The maximum atomic E-state index is 13.2. The molecule has 1 saturated heterocycles. The Morgan fingerprint density at radius 1 is 1.09 bits per heavy atom. The predicted molar refractivity (Wildman–Crippen MR) is 132 cm³/mol. The number of aliphatic hydroxyl groups is 1. The molecule has 0 aliphatic carbocycles. The van der Waals surface area contributed by atoms with Gasteiger partial charge in [-0.05, 0) is 60.5 Å². The highest BCUT2D eigenvalue weighted by Crippen LogP contribution is 2.41. The quantitative estimate of drug-likeness (QED) is 0.212. The smallest absolute Gasteiger partial charge is 0.295 e. The summed E-state index contributed by atoms with van der Waals surface area (Å²) in [7, 11) is 0. The fraction of sp³-hybridized carbons (Fsp3) is 0.179. The summed E-state index contributed by atoms with van der Waals surface area (Å²) in [5.41, 5.74) is 1.84. The number of pyridine rings is 1. The molecule has 1 fully saturated rings. The van der Waals surface area contributed by atoms with E-state index in [1.54, 1.807) is 73.1 Å². The lowest BCUT2D eigenvalue weighted by Gasteiger charge is -2.25. The highest BCUT2D eigenvalue weighted by molar-refractivity contribution is 6.46. The van der Waals surface area contributed by atoms with Crippen LogP contribution in [0.25, 0.3) is 5.76 Å². The number of hydrogen-bond donors (Lipinski definition) is 1. The molecule has 1 aromatic heterocycles. The molecule has 2 aromatic carbocycles. The van der Waals surface area contributed by atoms with E-state index in [0.29, 0.717) is 35.8 Å². The molecule has 0 spiro atoms. The van der Waals surface area contributed by atoms with Gasteiger partial charge in [0.05, 0.1) is 18.2 Å². The topological polar surface area (TPSA) is 89.0 Å². The predicted octanol–water partition coefficient (Wildman–Crippen LogP) is 4.67. The van der Waals surface area contributed by atoms with Crippen molar-refractivity contribution in [1.82, 2.24) is 9.88 Å². The summed E-state index contributed by atoms with van der Waals surface area (Å²) in [6.45, 7) is 6.52. The number of carbonyl (C=O) groups excluding carboxylic acids is 2. The third-order valence-corrected chi connectivity index (χ3v) is 5.60. The van der Waals surface area contributed by atoms with Crippen LogP contribution in [-0.2, 0) is 16.1 Å². The molecule has 1 aliphatic heterocycles. The van der Waals surface area contributed by atoms with Gasteiger partial charge in [-0.15, -0.1) is 0 Å². The number of Topliss-reactive ketones (excluding diaryl/α,β-unsaturated/α-hetero) is 1. The van der Waals surface area contributed by atoms with Gasteiger partial charge >= 0.3 is 0 Å². The van der Waals surface area contributed by atoms with E-state index >= 15 is 0 Å². The van der Waals surface area contributed by atoms with Gasteiger partial charge in [-0.2, -0.15) is 0 Å². The Bertz CT molecular complexity index is 1250. The number of rotatable bonds is 9. The minimum atomic E-state index is -0.811. The fourth-order valence-corrected chi connectivity index (χ4v) is 4.04. The molecule has 0 radical (unpaired) electrons. The lowest BCUT2D eigenvalue weighted by Crippen LogP contribution is -2.29. The SMILES string of the molecule is C=CCOc1cccc([C@@H]2C(=C(O)c3ccc(OCC)cc3)C(=O)C(=O)N2Cc2cccnc2)c1. The molecule has 0 saturated carbocycles. The zero-order valence-electron chi connectivity index (χ0n) is 19.4. The van der Waals surface area contributed by atoms with Crippen LogP contribution < -0.4 is 9.47 Å². The normalized spacial score (nSPS) is 16.8. The Morgan fingerprint density at radius 2 is 1.89 bits per heavy atom. The number of likely N-dealkylation sites (tertiary alicyclic amines) is 1. The molecular weight excluding hydrogens is 444 g/mol. The van der Waals surface area contributed by atoms with Crippen molar-refractivity contribution in [3.8, 4) is 11.5 Å². The summed E-state index contributed by atoms with van der Waals surface area (Å²) >= 11 is 0. The molecule has 0 unspecified atom stereocenters. The average Bonchev–Trinajstić information content (AvgIpc) is 3.13. The number of nitrogens with zero attached hydrogens (tertiary/aromatic N) is 2. The number of amides is 1. The van der Waals surface area contributed by atoms with E-state index in [9.17, 15) is 14.7 Å². The Kier molecular flexibility index (Phi) is 7.26. The van der Waals surface area contributed by atoms with Gasteiger partial charge in [0.1, 0.15) is 23.9 Å². The van der Waals surface area contributed by atoms with Gasteiger partial charge in [0.15, 0.2) is 0 Å². The van der Waals surface area contributed by atoms with Crippen LogP contribution in [0.15, 0.2) is 91.3 Å². The Hall–Kier alpha value is -4.39. The van der Waals surface area contributed by atoms with E-state index in [-0.39, 0.29) is 17.9 Å². The van der Waals surface area contributed by atoms with Crippen LogP contribution in [0, 0.1) is 0 Å². The average molecular weight is 471 g/mol. The molecule has 1 amide bonds. The number of ether oxygens (including phenoxy) is 2. The van der Waals surface area contributed by atoms with E-state index in [0.717, 1.165) is 5.56 Å². The molecule has 4 rings (SSSR count). The molecule has 1 atom stereocenters. The first kappa shape index (κ1) is 23.8. The zero-order chi connectivity index (χ0) is 24.8. The minimum Gasteiger partial charge on any atom is -0.507 e. The molecule has 2 heterocycles. The van der Waals surface area contributed by atoms with Crippen molar-refractivity contribution >= 4 is 17.4 Å². The van der Waals surface area contributed by atoms with Gasteiger partial charge in [-0.1, -0.05) is 30.9 Å². The number of ketones is 1. The van der Waals surface area contributed by atoms with Crippen molar-refractivity contribution in [2.24, 2.45) is 0 Å². The molecule has 178 valence electrons. The van der Waals surface area contributed by atoms with Crippen molar-refractivity contribution in [2.45, 2.75) is 19.5 Å². The third kappa shape index (κ3) is 5.09. The van der Waals surface area contributed by atoms with Crippen LogP contribution in [0.3, 0.4) is 0 Å². The lowest BCUT2D eigenvalue weighted by molar-refractivity contribution is -0.140. The van der Waals surface area contributed by atoms with Gasteiger partial charge in [0.25, 0.3) is 11.7 Å². The van der Waals surface area contributed by atoms with Gasteiger partial charge in [-0.3, -0.25) is 14.6 Å². The van der Waals surface area contributed by atoms with Crippen LogP contribution in [0.1, 0.15) is 29.7 Å². The second kappa shape index (κ2) is 10.7. The van der Waals surface area contributed by atoms with Crippen molar-refractivity contribution in [3.63, 3.8) is 0 Å². The Labute approximate surface area is 203 Å². The summed E-state index contributed by atoms with van der Waals surface area (Å²) in [6, 6.07) is 16.7. The van der Waals surface area contributed by atoms with E-state index < -0.39 is 17.7 Å². The first-order valence-electron chi connectivity index (χ1n) is 11.3. The molecular formula is C28H26N2O5. The summed E-state index contributed by atoms with van der Waals surface area (Å²) in [4.78, 5) is 32.0. The van der Waals surface area contributed by atoms with Gasteiger partial charge in [0, 0.05) is 24.5 Å². The Morgan fingerprint density at radius 3 is 2.57 bits per heavy atom. The van der Waals surface area contributed by atoms with E-state index in [1.807, 2.05) is 13.0 Å². The van der Waals surface area contributed by atoms with Crippen LogP contribution in [0.2, 0.25) is 0 Å². The summed E-state index contributed by atoms with van der Waals surface area (Å²) in [5.74, 6) is -0.478. The standard InChI is InChI=1S/C28H26N2O5/c1-3-15-35-23-9-5-8-21(16-23)25-24(26(31)20-10-12-22(13-11-20)34-4-2)27(32)28(33)30(25)18-19-7-6-14-29-17-19/h3,5-14,16-17,25,31H,1,4,15,18H2,2H3/t25-/m1/s1. The maximum Gasteiger partial charge on any atom is 0.295 e. The highest BCUT2D eigenvalue weighted by atomic mass is 16.5. The second-order valence-corrected chi connectivity index (χ2v) is 7.92. The molecule has 7 heteroatoms. The first-order chi connectivity index (χ1) is 17.0. The number of carbonyl (C=O) groups is 2. The molecule has 35 heavy (non-hydrogen) atoms. The van der Waals surface area contributed by atoms with E-state index in [4.69, 9.17) is 9.47 Å². The fourth-order valence-electron chi connectivity index (χ4n) is 4.04. The number of benzene rings is 2. The first-order valence-corrected chi connectivity index (χ1v) is 11.3. The van der Waals surface area contributed by atoms with Crippen LogP contribution in [0.5, 0.6) is 11.5 Å². The van der Waals surface area contributed by atoms with Crippen LogP contribution in [-0.4, -0.2) is 39.9 Å². The van der Waals surface area contributed by atoms with Crippen molar-refractivity contribution in [1.29, 1.82) is 0 Å². The summed E-state index contributed by atoms with van der Waals surface area (Å²) in [6.07, 6.45) is 4.92. The van der Waals surface area contributed by atoms with E-state index in [2.05, 4.69) is 11.6 Å². The van der Waals surface area contributed by atoms with E-state index in [1.165, 1.54) is 4.90 Å². The largest absolute Gasteiger partial charge is 0.507 e. The third-order valence-electron chi connectivity index (χ3n) is 5.60. The van der Waals surface area contributed by atoms with Gasteiger partial charge in [0.2, 0.25) is 0 Å².